The molecule has 0 amide bonds. The monoisotopic (exact) mass is 221 g/mol. The second kappa shape index (κ2) is 4.40. The minimum Gasteiger partial charge on any atom is -0.339 e. The second-order valence-electron chi connectivity index (χ2n) is 3.40. The lowest BCUT2D eigenvalue weighted by Gasteiger charge is -2.07. The van der Waals surface area contributed by atoms with Crippen LogP contribution < -0.4 is 5.73 Å². The zero-order chi connectivity index (χ0) is 11.5. The summed E-state index contributed by atoms with van der Waals surface area (Å²) < 4.78 is 18.4. The van der Waals surface area contributed by atoms with E-state index in [1.54, 1.807) is 18.2 Å². The van der Waals surface area contributed by atoms with Crippen molar-refractivity contribution in [3.8, 4) is 0 Å². The third-order valence-electron chi connectivity index (χ3n) is 2.30. The largest absolute Gasteiger partial charge is 0.339 e. The molecule has 4 nitrogen and oxygen atoms in total. The zero-order valence-electron chi connectivity index (χ0n) is 8.85. The van der Waals surface area contributed by atoms with Crippen LogP contribution in [-0.2, 0) is 6.42 Å². The van der Waals surface area contributed by atoms with Gasteiger partial charge in [-0.2, -0.15) is 4.98 Å². The van der Waals surface area contributed by atoms with Gasteiger partial charge in [-0.25, -0.2) is 4.39 Å². The Kier molecular flexibility index (Phi) is 2.96. The Morgan fingerprint density at radius 1 is 1.44 bits per heavy atom. The van der Waals surface area contributed by atoms with E-state index < -0.39 is 6.04 Å². The van der Waals surface area contributed by atoms with Crippen molar-refractivity contribution in [2.45, 2.75) is 19.4 Å². The van der Waals surface area contributed by atoms with Crippen molar-refractivity contribution >= 4 is 0 Å². The maximum Gasteiger partial charge on any atom is 0.226 e. The van der Waals surface area contributed by atoms with Crippen LogP contribution in [0.15, 0.2) is 28.8 Å². The van der Waals surface area contributed by atoms with Crippen molar-refractivity contribution < 1.29 is 8.91 Å². The fourth-order valence-electron chi connectivity index (χ4n) is 1.40. The average Bonchev–Trinajstić information content (AvgIpc) is 2.77. The molecule has 0 saturated heterocycles. The van der Waals surface area contributed by atoms with E-state index in [0.717, 1.165) is 0 Å². The van der Waals surface area contributed by atoms with Gasteiger partial charge in [0.25, 0.3) is 0 Å². The molecule has 84 valence electrons. The van der Waals surface area contributed by atoms with Crippen LogP contribution in [0, 0.1) is 5.82 Å². The Bertz CT molecular complexity index is 484. The number of aromatic nitrogens is 2. The van der Waals surface area contributed by atoms with Crippen molar-refractivity contribution in [3.63, 3.8) is 0 Å². The highest BCUT2D eigenvalue weighted by Gasteiger charge is 2.18. The van der Waals surface area contributed by atoms with Gasteiger partial charge in [-0.1, -0.05) is 30.3 Å². The molecule has 1 atom stereocenters. The molecule has 5 heteroatoms. The topological polar surface area (TPSA) is 64.9 Å². The van der Waals surface area contributed by atoms with Gasteiger partial charge in [0.15, 0.2) is 5.82 Å². The van der Waals surface area contributed by atoms with E-state index in [-0.39, 0.29) is 5.82 Å². The third kappa shape index (κ3) is 1.94. The molecule has 0 aliphatic rings. The molecule has 0 spiro atoms. The lowest BCUT2D eigenvalue weighted by Crippen LogP contribution is -2.15. The summed E-state index contributed by atoms with van der Waals surface area (Å²) in [5.74, 6) is 0.446. The number of aryl methyl sites for hydroxylation is 1. The number of benzene rings is 1. The Morgan fingerprint density at radius 2 is 2.19 bits per heavy atom. The van der Waals surface area contributed by atoms with E-state index in [1.165, 1.54) is 6.07 Å². The number of halogens is 1. The molecule has 2 rings (SSSR count). The molecular formula is C11H12FN3O. The van der Waals surface area contributed by atoms with E-state index in [1.807, 2.05) is 6.92 Å². The van der Waals surface area contributed by atoms with Crippen molar-refractivity contribution in [1.29, 1.82) is 0 Å². The highest BCUT2D eigenvalue weighted by atomic mass is 19.1. The summed E-state index contributed by atoms with van der Waals surface area (Å²) in [7, 11) is 0. The van der Waals surface area contributed by atoms with Gasteiger partial charge in [0.05, 0.1) is 6.04 Å². The molecule has 16 heavy (non-hydrogen) atoms. The molecule has 1 heterocycles. The highest BCUT2D eigenvalue weighted by molar-refractivity contribution is 5.25. The molecule has 0 aliphatic carbocycles. The van der Waals surface area contributed by atoms with Gasteiger partial charge in [0.2, 0.25) is 5.89 Å². The van der Waals surface area contributed by atoms with Crippen molar-refractivity contribution in [2.75, 3.05) is 0 Å². The van der Waals surface area contributed by atoms with Gasteiger partial charge >= 0.3 is 0 Å². The molecule has 0 saturated carbocycles. The van der Waals surface area contributed by atoms with Crippen LogP contribution in [0.3, 0.4) is 0 Å². The van der Waals surface area contributed by atoms with E-state index in [2.05, 4.69) is 10.1 Å². The zero-order valence-corrected chi connectivity index (χ0v) is 8.85. The Morgan fingerprint density at radius 3 is 2.81 bits per heavy atom. The third-order valence-corrected chi connectivity index (χ3v) is 2.30. The average molecular weight is 221 g/mol. The summed E-state index contributed by atoms with van der Waals surface area (Å²) in [6.45, 7) is 1.89. The van der Waals surface area contributed by atoms with Crippen LogP contribution >= 0.6 is 0 Å². The van der Waals surface area contributed by atoms with Gasteiger partial charge in [-0.15, -0.1) is 0 Å². The fourth-order valence-corrected chi connectivity index (χ4v) is 1.40. The maximum atomic E-state index is 13.4. The molecule has 1 aromatic heterocycles. The smallest absolute Gasteiger partial charge is 0.226 e. The van der Waals surface area contributed by atoms with Gasteiger partial charge in [-0.05, 0) is 6.07 Å². The lowest BCUT2D eigenvalue weighted by molar-refractivity contribution is 0.374. The number of hydrogen-bond donors (Lipinski definition) is 1. The van der Waals surface area contributed by atoms with Crippen molar-refractivity contribution in [3.05, 3.63) is 47.4 Å². The summed E-state index contributed by atoms with van der Waals surface area (Å²) in [6.07, 6.45) is 0.636. The molecule has 0 radical (unpaired) electrons. The van der Waals surface area contributed by atoms with Crippen molar-refractivity contribution in [1.82, 2.24) is 10.1 Å². The van der Waals surface area contributed by atoms with E-state index in [9.17, 15) is 4.39 Å². The van der Waals surface area contributed by atoms with Crippen LogP contribution in [0.25, 0.3) is 0 Å². The molecule has 0 aliphatic heterocycles. The SMILES string of the molecule is CCc1nc(C(N)c2ccccc2F)no1. The maximum absolute atomic E-state index is 13.4. The minimum absolute atomic E-state index is 0.307. The molecular weight excluding hydrogens is 209 g/mol. The molecule has 1 unspecified atom stereocenters. The van der Waals surface area contributed by atoms with Crippen LogP contribution in [0.2, 0.25) is 0 Å². The summed E-state index contributed by atoms with van der Waals surface area (Å²) >= 11 is 0. The second-order valence-corrected chi connectivity index (χ2v) is 3.40. The molecule has 2 N–H and O–H groups in total. The first-order chi connectivity index (χ1) is 7.72. The standard InChI is InChI=1S/C11H12FN3O/c1-2-9-14-11(15-16-9)10(13)7-5-3-4-6-8(7)12/h3-6,10H,2,13H2,1H3. The van der Waals surface area contributed by atoms with Gasteiger partial charge < -0.3 is 10.3 Å². The van der Waals surface area contributed by atoms with E-state index in [4.69, 9.17) is 10.3 Å². The molecule has 0 fully saturated rings. The number of nitrogens with two attached hydrogens (primary N) is 1. The highest BCUT2D eigenvalue weighted by Crippen LogP contribution is 2.19. The first-order valence-corrected chi connectivity index (χ1v) is 5.05. The fraction of sp³-hybridized carbons (Fsp3) is 0.273. The number of hydrogen-bond acceptors (Lipinski definition) is 4. The summed E-state index contributed by atoms with van der Waals surface area (Å²) in [4.78, 5) is 4.08. The van der Waals surface area contributed by atoms with Gasteiger partial charge in [-0.3, -0.25) is 0 Å². The predicted octanol–water partition coefficient (Wildman–Crippen LogP) is 1.82. The van der Waals surface area contributed by atoms with Crippen LogP contribution in [0.4, 0.5) is 4.39 Å². The van der Waals surface area contributed by atoms with Gasteiger partial charge in [0.1, 0.15) is 5.82 Å². The molecule has 0 bridgehead atoms. The Hall–Kier alpha value is -1.75. The summed E-state index contributed by atoms with van der Waals surface area (Å²) in [6, 6.07) is 5.61. The number of rotatable bonds is 3. The molecule has 2 aromatic rings. The summed E-state index contributed by atoms with van der Waals surface area (Å²) in [5, 5.41) is 3.73. The van der Waals surface area contributed by atoms with Crippen molar-refractivity contribution in [2.24, 2.45) is 5.73 Å². The Balaban J connectivity index is 2.31. The van der Waals surface area contributed by atoms with Gasteiger partial charge in [0, 0.05) is 12.0 Å². The molecule has 1 aromatic carbocycles. The van der Waals surface area contributed by atoms with Crippen LogP contribution in [0.5, 0.6) is 0 Å². The first-order valence-electron chi connectivity index (χ1n) is 5.05. The van der Waals surface area contributed by atoms with E-state index >= 15 is 0 Å². The Labute approximate surface area is 92.3 Å². The minimum atomic E-state index is -0.690. The van der Waals surface area contributed by atoms with Crippen LogP contribution in [0.1, 0.15) is 30.2 Å². The van der Waals surface area contributed by atoms with Crippen LogP contribution in [-0.4, -0.2) is 10.1 Å². The number of nitrogens with zero attached hydrogens (tertiary/aromatic N) is 2. The first kappa shape index (κ1) is 10.8. The normalized spacial score (nSPS) is 12.7. The lowest BCUT2D eigenvalue weighted by atomic mass is 10.1. The van der Waals surface area contributed by atoms with E-state index in [0.29, 0.717) is 23.7 Å². The summed E-state index contributed by atoms with van der Waals surface area (Å²) in [5.41, 5.74) is 6.23. The predicted molar refractivity (Wildman–Crippen MR) is 56.1 cm³/mol. The quantitative estimate of drug-likeness (QED) is 0.858.